The molecule has 4 nitrogen and oxygen atoms in total. The van der Waals surface area contributed by atoms with E-state index in [0.29, 0.717) is 29.9 Å². The Bertz CT molecular complexity index is 795. The Hall–Kier alpha value is -2.62. The molecule has 0 radical (unpaired) electrons. The molecule has 2 aromatic carbocycles. The summed E-state index contributed by atoms with van der Waals surface area (Å²) in [7, 11) is 1.73. The van der Waals surface area contributed by atoms with Gasteiger partial charge in [-0.1, -0.05) is 24.3 Å². The fraction of sp³-hybridized carbons (Fsp3) is 0.176. The number of anilines is 1. The second kappa shape index (κ2) is 4.19. The highest BCUT2D eigenvalue weighted by atomic mass is 16.5. The molecule has 0 fully saturated rings. The van der Waals surface area contributed by atoms with Crippen molar-refractivity contribution >= 4 is 17.4 Å². The van der Waals surface area contributed by atoms with Crippen LogP contribution in [0.15, 0.2) is 36.4 Å². The van der Waals surface area contributed by atoms with Gasteiger partial charge in [0.15, 0.2) is 5.78 Å². The highest BCUT2D eigenvalue weighted by Crippen LogP contribution is 2.37. The van der Waals surface area contributed by atoms with E-state index in [0.717, 1.165) is 16.8 Å². The second-order valence-corrected chi connectivity index (χ2v) is 5.38. The average Bonchev–Trinajstić information content (AvgIpc) is 2.69. The highest BCUT2D eigenvalue weighted by molar-refractivity contribution is 6.13. The summed E-state index contributed by atoms with van der Waals surface area (Å²) >= 11 is 0. The molecule has 2 aliphatic rings. The van der Waals surface area contributed by atoms with Crippen LogP contribution in [0.1, 0.15) is 27.0 Å². The minimum absolute atomic E-state index is 0.0398. The van der Waals surface area contributed by atoms with Gasteiger partial charge >= 0.3 is 0 Å². The zero-order chi connectivity index (χ0) is 14.6. The first kappa shape index (κ1) is 12.1. The summed E-state index contributed by atoms with van der Waals surface area (Å²) in [6.07, 6.45) is 0.365. The maximum Gasteiger partial charge on any atom is 0.231 e. The van der Waals surface area contributed by atoms with Crippen molar-refractivity contribution in [3.05, 3.63) is 58.7 Å². The van der Waals surface area contributed by atoms with Crippen LogP contribution in [0.2, 0.25) is 0 Å². The number of fused-ring (bicyclic) bond motifs is 3. The van der Waals surface area contributed by atoms with E-state index < -0.39 is 0 Å². The maximum absolute atomic E-state index is 12.7. The smallest absolute Gasteiger partial charge is 0.231 e. The van der Waals surface area contributed by atoms with E-state index in [1.54, 1.807) is 18.0 Å². The first-order chi connectivity index (χ1) is 10.1. The minimum atomic E-state index is -0.0475. The molecular formula is C17H13NO3. The lowest BCUT2D eigenvalue weighted by Crippen LogP contribution is -2.20. The number of rotatable bonds is 0. The molecule has 4 heteroatoms. The van der Waals surface area contributed by atoms with E-state index in [1.807, 2.05) is 30.3 Å². The third-order valence-corrected chi connectivity index (χ3v) is 4.15. The molecule has 2 aromatic rings. The molecule has 2 heterocycles. The number of carbonyl (C=O) groups is 2. The Morgan fingerprint density at radius 1 is 1.05 bits per heavy atom. The fourth-order valence-corrected chi connectivity index (χ4v) is 2.95. The molecule has 0 aromatic heterocycles. The van der Waals surface area contributed by atoms with Crippen LogP contribution in [0.3, 0.4) is 0 Å². The van der Waals surface area contributed by atoms with Crippen molar-refractivity contribution in [3.8, 4) is 5.75 Å². The summed E-state index contributed by atoms with van der Waals surface area (Å²) in [6.45, 7) is 0.373. The molecule has 0 spiro atoms. The third kappa shape index (κ3) is 1.69. The zero-order valence-electron chi connectivity index (χ0n) is 11.6. The monoisotopic (exact) mass is 279 g/mol. The molecule has 104 valence electrons. The van der Waals surface area contributed by atoms with Crippen LogP contribution in [0.4, 0.5) is 5.69 Å². The first-order valence-corrected chi connectivity index (χ1v) is 6.84. The van der Waals surface area contributed by atoms with E-state index in [9.17, 15) is 9.59 Å². The van der Waals surface area contributed by atoms with E-state index in [-0.39, 0.29) is 11.7 Å². The molecule has 0 atom stereocenters. The van der Waals surface area contributed by atoms with Gasteiger partial charge in [0, 0.05) is 23.9 Å². The molecule has 0 bridgehead atoms. The van der Waals surface area contributed by atoms with Gasteiger partial charge in [0.05, 0.1) is 12.0 Å². The minimum Gasteiger partial charge on any atom is -0.488 e. The number of likely N-dealkylation sites (N-methyl/N-ethyl adjacent to an activating group) is 1. The molecule has 1 amide bonds. The van der Waals surface area contributed by atoms with Gasteiger partial charge in [-0.25, -0.2) is 0 Å². The summed E-state index contributed by atoms with van der Waals surface area (Å²) < 4.78 is 5.79. The number of amides is 1. The van der Waals surface area contributed by atoms with E-state index in [2.05, 4.69) is 0 Å². The summed E-state index contributed by atoms with van der Waals surface area (Å²) in [5.41, 5.74) is 3.81. The number of ketones is 1. The van der Waals surface area contributed by atoms with Crippen molar-refractivity contribution in [1.82, 2.24) is 0 Å². The molecular weight excluding hydrogens is 266 g/mol. The molecule has 4 rings (SSSR count). The van der Waals surface area contributed by atoms with Gasteiger partial charge in [0.25, 0.3) is 0 Å². The molecule has 0 aliphatic carbocycles. The predicted molar refractivity (Wildman–Crippen MR) is 77.8 cm³/mol. The fourth-order valence-electron chi connectivity index (χ4n) is 2.95. The lowest BCUT2D eigenvalue weighted by atomic mass is 9.97. The summed E-state index contributed by atoms with van der Waals surface area (Å²) in [4.78, 5) is 26.1. The second-order valence-electron chi connectivity index (χ2n) is 5.38. The standard InChI is InChI=1S/C17H13NO3/c1-18-14-8-13-15(6-11(14)7-16(18)19)21-9-10-4-2-3-5-12(10)17(13)20/h2-6,8H,7,9H2,1H3. The van der Waals surface area contributed by atoms with E-state index >= 15 is 0 Å². The van der Waals surface area contributed by atoms with Gasteiger partial charge in [-0.2, -0.15) is 0 Å². The maximum atomic E-state index is 12.7. The lowest BCUT2D eigenvalue weighted by Gasteiger charge is -2.13. The summed E-state index contributed by atoms with van der Waals surface area (Å²) in [5, 5.41) is 0. The van der Waals surface area contributed by atoms with Crippen molar-refractivity contribution in [2.75, 3.05) is 11.9 Å². The van der Waals surface area contributed by atoms with Crippen LogP contribution in [0, 0.1) is 0 Å². The Balaban J connectivity index is 1.91. The van der Waals surface area contributed by atoms with Gasteiger partial charge < -0.3 is 9.64 Å². The van der Waals surface area contributed by atoms with Gasteiger partial charge in [-0.15, -0.1) is 0 Å². The van der Waals surface area contributed by atoms with Crippen LogP contribution in [0.25, 0.3) is 0 Å². The van der Waals surface area contributed by atoms with Crippen molar-refractivity contribution < 1.29 is 14.3 Å². The number of nitrogens with zero attached hydrogens (tertiary/aromatic N) is 1. The van der Waals surface area contributed by atoms with E-state index in [1.165, 1.54) is 0 Å². The number of hydrogen-bond acceptors (Lipinski definition) is 3. The molecule has 21 heavy (non-hydrogen) atoms. The van der Waals surface area contributed by atoms with Gasteiger partial charge in [0.2, 0.25) is 5.91 Å². The van der Waals surface area contributed by atoms with Gasteiger partial charge in [-0.05, 0) is 17.7 Å². The summed E-state index contributed by atoms with van der Waals surface area (Å²) in [6, 6.07) is 11.1. The van der Waals surface area contributed by atoms with Crippen LogP contribution in [0.5, 0.6) is 5.75 Å². The Morgan fingerprint density at radius 3 is 2.71 bits per heavy atom. The third-order valence-electron chi connectivity index (χ3n) is 4.15. The molecule has 0 saturated heterocycles. The van der Waals surface area contributed by atoms with E-state index in [4.69, 9.17) is 4.74 Å². The normalized spacial score (nSPS) is 16.0. The number of hydrogen-bond donors (Lipinski definition) is 0. The predicted octanol–water partition coefficient (Wildman–Crippen LogP) is 2.33. The van der Waals surface area contributed by atoms with Crippen molar-refractivity contribution in [1.29, 1.82) is 0 Å². The molecule has 2 aliphatic heterocycles. The first-order valence-electron chi connectivity index (χ1n) is 6.84. The lowest BCUT2D eigenvalue weighted by molar-refractivity contribution is -0.117. The molecule has 0 unspecified atom stereocenters. The topological polar surface area (TPSA) is 46.6 Å². The number of benzene rings is 2. The number of ether oxygens (including phenoxy) is 1. The Morgan fingerprint density at radius 2 is 1.86 bits per heavy atom. The van der Waals surface area contributed by atoms with Crippen LogP contribution >= 0.6 is 0 Å². The highest BCUT2D eigenvalue weighted by Gasteiger charge is 2.29. The molecule has 0 saturated carbocycles. The molecule has 0 N–H and O–H groups in total. The van der Waals surface area contributed by atoms with Crippen LogP contribution in [-0.2, 0) is 17.8 Å². The quantitative estimate of drug-likeness (QED) is 0.743. The van der Waals surface area contributed by atoms with Crippen molar-refractivity contribution in [2.45, 2.75) is 13.0 Å². The van der Waals surface area contributed by atoms with Crippen molar-refractivity contribution in [3.63, 3.8) is 0 Å². The average molecular weight is 279 g/mol. The van der Waals surface area contributed by atoms with Gasteiger partial charge in [0.1, 0.15) is 12.4 Å². The largest absolute Gasteiger partial charge is 0.488 e. The van der Waals surface area contributed by atoms with Crippen molar-refractivity contribution in [2.24, 2.45) is 0 Å². The summed E-state index contributed by atoms with van der Waals surface area (Å²) in [5.74, 6) is 0.560. The van der Waals surface area contributed by atoms with Gasteiger partial charge in [-0.3, -0.25) is 9.59 Å². The Labute approximate surface area is 121 Å². The zero-order valence-corrected chi connectivity index (χ0v) is 11.6. The van der Waals surface area contributed by atoms with Crippen LogP contribution in [-0.4, -0.2) is 18.7 Å². The number of carbonyl (C=O) groups excluding carboxylic acids is 2. The van der Waals surface area contributed by atoms with Crippen LogP contribution < -0.4 is 9.64 Å². The Kier molecular flexibility index (Phi) is 2.42. The SMILES string of the molecule is CN1C(=O)Cc2cc3c(cc21)C(=O)c1ccccc1CO3.